The van der Waals surface area contributed by atoms with Gasteiger partial charge in [0.15, 0.2) is 0 Å². The summed E-state index contributed by atoms with van der Waals surface area (Å²) in [7, 11) is -2.48. The Hall–Kier alpha value is -4.10. The minimum atomic E-state index is -4.02. The Bertz CT molecular complexity index is 1430. The number of ether oxygens (including phenoxy) is 1. The monoisotopic (exact) mass is 514 g/mol. The second-order valence-electron chi connectivity index (χ2n) is 8.84. The number of carbonyl (C=O) groups is 1. The molecule has 0 bridgehead atoms. The van der Waals surface area contributed by atoms with E-state index in [1.807, 2.05) is 68.4 Å². The quantitative estimate of drug-likeness (QED) is 0.324. The predicted octanol–water partition coefficient (Wildman–Crippen LogP) is 5.41. The second kappa shape index (κ2) is 11.3. The van der Waals surface area contributed by atoms with E-state index in [1.54, 1.807) is 48.5 Å². The number of hydrogen-bond donors (Lipinski definition) is 1. The Morgan fingerprint density at radius 1 is 0.784 bits per heavy atom. The summed E-state index contributed by atoms with van der Waals surface area (Å²) in [5, 5.41) is 3.05. The SMILES string of the molecule is COc1ccc(N(CC(=O)NC(c2ccccc2)c2ccc(C)cc2)S(=O)(=O)c2ccc(C)cc2)cc1. The second-order valence-corrected chi connectivity index (χ2v) is 10.7. The maximum atomic E-state index is 13.7. The average molecular weight is 515 g/mol. The van der Waals surface area contributed by atoms with Crippen molar-refractivity contribution in [3.8, 4) is 5.75 Å². The Morgan fingerprint density at radius 3 is 1.89 bits per heavy atom. The molecule has 0 aliphatic rings. The Labute approximate surface area is 218 Å². The lowest BCUT2D eigenvalue weighted by Crippen LogP contribution is -2.42. The third-order valence-electron chi connectivity index (χ3n) is 6.11. The van der Waals surface area contributed by atoms with Crippen LogP contribution in [0.3, 0.4) is 0 Å². The summed E-state index contributed by atoms with van der Waals surface area (Å²) in [6, 6.07) is 30.3. The number of nitrogens with zero attached hydrogens (tertiary/aromatic N) is 1. The van der Waals surface area contributed by atoms with Crippen LogP contribution in [-0.4, -0.2) is 28.0 Å². The molecule has 4 aromatic carbocycles. The molecular weight excluding hydrogens is 484 g/mol. The maximum Gasteiger partial charge on any atom is 0.264 e. The lowest BCUT2D eigenvalue weighted by molar-refractivity contribution is -0.120. The van der Waals surface area contributed by atoms with Crippen molar-refractivity contribution in [1.82, 2.24) is 5.32 Å². The number of methoxy groups -OCH3 is 1. The van der Waals surface area contributed by atoms with Gasteiger partial charge in [0.05, 0.1) is 23.7 Å². The molecule has 190 valence electrons. The molecule has 0 radical (unpaired) electrons. The van der Waals surface area contributed by atoms with Crippen molar-refractivity contribution in [2.24, 2.45) is 0 Å². The van der Waals surface area contributed by atoms with E-state index < -0.39 is 28.5 Å². The third kappa shape index (κ3) is 6.19. The normalized spacial score (nSPS) is 12.0. The van der Waals surface area contributed by atoms with Gasteiger partial charge in [-0.1, -0.05) is 77.9 Å². The summed E-state index contributed by atoms with van der Waals surface area (Å²) in [6.45, 7) is 3.50. The van der Waals surface area contributed by atoms with Gasteiger partial charge in [-0.15, -0.1) is 0 Å². The van der Waals surface area contributed by atoms with Gasteiger partial charge >= 0.3 is 0 Å². The number of aryl methyl sites for hydroxylation is 2. The minimum absolute atomic E-state index is 0.111. The number of benzene rings is 4. The lowest BCUT2D eigenvalue weighted by atomic mass is 9.98. The molecule has 0 aliphatic carbocycles. The van der Waals surface area contributed by atoms with Crippen LogP contribution in [0, 0.1) is 13.8 Å². The largest absolute Gasteiger partial charge is 0.497 e. The molecule has 6 nitrogen and oxygen atoms in total. The molecule has 1 amide bonds. The van der Waals surface area contributed by atoms with Crippen LogP contribution in [0.25, 0.3) is 0 Å². The van der Waals surface area contributed by atoms with Gasteiger partial charge in [-0.05, 0) is 61.4 Å². The van der Waals surface area contributed by atoms with Crippen LogP contribution >= 0.6 is 0 Å². The summed E-state index contributed by atoms with van der Waals surface area (Å²) in [4.78, 5) is 13.6. The van der Waals surface area contributed by atoms with Crippen LogP contribution in [-0.2, 0) is 14.8 Å². The number of anilines is 1. The van der Waals surface area contributed by atoms with E-state index >= 15 is 0 Å². The molecule has 4 rings (SSSR count). The Kier molecular flexibility index (Phi) is 7.94. The zero-order chi connectivity index (χ0) is 26.4. The fourth-order valence-electron chi connectivity index (χ4n) is 4.00. The molecule has 0 saturated carbocycles. The maximum absolute atomic E-state index is 13.7. The molecular formula is C30H30N2O4S. The van der Waals surface area contributed by atoms with E-state index in [0.717, 1.165) is 26.6 Å². The van der Waals surface area contributed by atoms with Gasteiger partial charge in [0, 0.05) is 0 Å². The van der Waals surface area contributed by atoms with E-state index in [4.69, 9.17) is 4.74 Å². The summed E-state index contributed by atoms with van der Waals surface area (Å²) in [6.07, 6.45) is 0. The Morgan fingerprint density at radius 2 is 1.32 bits per heavy atom. The predicted molar refractivity (Wildman–Crippen MR) is 146 cm³/mol. The lowest BCUT2D eigenvalue weighted by Gasteiger charge is -2.26. The number of carbonyl (C=O) groups excluding carboxylic acids is 1. The average Bonchev–Trinajstić information content (AvgIpc) is 2.92. The minimum Gasteiger partial charge on any atom is -0.497 e. The van der Waals surface area contributed by atoms with E-state index in [-0.39, 0.29) is 4.90 Å². The van der Waals surface area contributed by atoms with Gasteiger partial charge < -0.3 is 10.1 Å². The zero-order valence-electron chi connectivity index (χ0n) is 21.1. The van der Waals surface area contributed by atoms with Crippen molar-refractivity contribution in [3.63, 3.8) is 0 Å². The summed E-state index contributed by atoms with van der Waals surface area (Å²) in [5.41, 5.74) is 4.22. The van der Waals surface area contributed by atoms with Crippen molar-refractivity contribution in [3.05, 3.63) is 125 Å². The molecule has 0 aromatic heterocycles. The molecule has 0 saturated heterocycles. The highest BCUT2D eigenvalue weighted by Crippen LogP contribution is 2.27. The number of hydrogen-bond acceptors (Lipinski definition) is 4. The molecule has 1 atom stereocenters. The van der Waals surface area contributed by atoms with Gasteiger partial charge in [-0.2, -0.15) is 0 Å². The third-order valence-corrected chi connectivity index (χ3v) is 7.89. The molecule has 37 heavy (non-hydrogen) atoms. The van der Waals surface area contributed by atoms with Gasteiger partial charge in [0.2, 0.25) is 5.91 Å². The van der Waals surface area contributed by atoms with E-state index in [1.165, 1.54) is 7.11 Å². The first-order chi connectivity index (χ1) is 17.8. The fraction of sp³-hybridized carbons (Fsp3) is 0.167. The Balaban J connectivity index is 1.68. The zero-order valence-corrected chi connectivity index (χ0v) is 21.9. The molecule has 0 aliphatic heterocycles. The molecule has 0 fully saturated rings. The van der Waals surface area contributed by atoms with Crippen LogP contribution in [0.2, 0.25) is 0 Å². The van der Waals surface area contributed by atoms with Crippen LogP contribution in [0.15, 0.2) is 108 Å². The number of amides is 1. The van der Waals surface area contributed by atoms with Crippen LogP contribution in [0.1, 0.15) is 28.3 Å². The highest BCUT2D eigenvalue weighted by molar-refractivity contribution is 7.92. The first-order valence-corrected chi connectivity index (χ1v) is 13.4. The summed E-state index contributed by atoms with van der Waals surface area (Å²) in [5.74, 6) is 0.158. The molecule has 1 unspecified atom stereocenters. The van der Waals surface area contributed by atoms with Crippen molar-refractivity contribution in [2.75, 3.05) is 18.0 Å². The first kappa shape index (κ1) is 26.0. The topological polar surface area (TPSA) is 75.7 Å². The first-order valence-electron chi connectivity index (χ1n) is 11.9. The van der Waals surface area contributed by atoms with Gasteiger partial charge in [0.25, 0.3) is 10.0 Å². The summed E-state index contributed by atoms with van der Waals surface area (Å²) >= 11 is 0. The van der Waals surface area contributed by atoms with Crippen LogP contribution in [0.5, 0.6) is 5.75 Å². The van der Waals surface area contributed by atoms with Crippen molar-refractivity contribution >= 4 is 21.6 Å². The smallest absolute Gasteiger partial charge is 0.264 e. The van der Waals surface area contributed by atoms with Crippen LogP contribution in [0.4, 0.5) is 5.69 Å². The van der Waals surface area contributed by atoms with Crippen molar-refractivity contribution in [1.29, 1.82) is 0 Å². The van der Waals surface area contributed by atoms with Gasteiger partial charge in [0.1, 0.15) is 12.3 Å². The molecule has 0 spiro atoms. The molecule has 1 N–H and O–H groups in total. The van der Waals surface area contributed by atoms with Gasteiger partial charge in [-0.3, -0.25) is 9.10 Å². The number of sulfonamides is 1. The van der Waals surface area contributed by atoms with E-state index in [9.17, 15) is 13.2 Å². The highest BCUT2D eigenvalue weighted by Gasteiger charge is 2.28. The number of rotatable bonds is 9. The molecule has 0 heterocycles. The van der Waals surface area contributed by atoms with Gasteiger partial charge in [-0.25, -0.2) is 8.42 Å². The van der Waals surface area contributed by atoms with Crippen molar-refractivity contribution < 1.29 is 17.9 Å². The van der Waals surface area contributed by atoms with E-state index in [0.29, 0.717) is 11.4 Å². The molecule has 4 aromatic rings. The highest BCUT2D eigenvalue weighted by atomic mass is 32.2. The van der Waals surface area contributed by atoms with Crippen molar-refractivity contribution in [2.45, 2.75) is 24.8 Å². The fourth-order valence-corrected chi connectivity index (χ4v) is 5.42. The van der Waals surface area contributed by atoms with Crippen LogP contribution < -0.4 is 14.4 Å². The number of nitrogens with one attached hydrogen (secondary N) is 1. The molecule has 7 heteroatoms. The summed E-state index contributed by atoms with van der Waals surface area (Å²) < 4.78 is 33.8. The standard InChI is InChI=1S/C30H30N2O4S/c1-22-9-13-25(14-10-22)30(24-7-5-4-6-8-24)31-29(33)21-32(26-15-17-27(36-3)18-16-26)37(34,35)28-19-11-23(2)12-20-28/h4-20,30H,21H2,1-3H3,(H,31,33). The van der Waals surface area contributed by atoms with E-state index in [2.05, 4.69) is 5.32 Å².